The highest BCUT2D eigenvalue weighted by molar-refractivity contribution is 5.75. The van der Waals surface area contributed by atoms with Gasteiger partial charge in [0, 0.05) is 23.4 Å². The molecule has 0 saturated heterocycles. The summed E-state index contributed by atoms with van der Waals surface area (Å²) in [6, 6.07) is 3.68. The van der Waals surface area contributed by atoms with Crippen LogP contribution in [0, 0.1) is 11.6 Å². The Morgan fingerprint density at radius 3 is 2.41 bits per heavy atom. The standard InChI is InChI=1S/C15H11F4NO2/c1-22-12(21)6-8-2-3-20-14(13(8)15(18)19)9-4-10(16)7-11(17)5-9/h2-5,7,15H,6H2,1H3. The zero-order chi connectivity index (χ0) is 16.3. The average Bonchev–Trinajstić information content (AvgIpc) is 2.45. The van der Waals surface area contributed by atoms with E-state index in [0.717, 1.165) is 19.2 Å². The Morgan fingerprint density at radius 1 is 1.23 bits per heavy atom. The highest BCUT2D eigenvalue weighted by Crippen LogP contribution is 2.33. The number of halogens is 4. The minimum Gasteiger partial charge on any atom is -0.469 e. The largest absolute Gasteiger partial charge is 0.469 e. The third-order valence-corrected chi connectivity index (χ3v) is 3.00. The van der Waals surface area contributed by atoms with E-state index in [9.17, 15) is 22.4 Å². The molecular formula is C15H11F4NO2. The Morgan fingerprint density at radius 2 is 1.86 bits per heavy atom. The highest BCUT2D eigenvalue weighted by Gasteiger charge is 2.22. The van der Waals surface area contributed by atoms with E-state index in [1.807, 2.05) is 0 Å². The number of aromatic nitrogens is 1. The minimum absolute atomic E-state index is 0.00322. The van der Waals surface area contributed by atoms with E-state index in [0.29, 0.717) is 6.07 Å². The number of esters is 1. The number of ether oxygens (including phenoxy) is 1. The summed E-state index contributed by atoms with van der Waals surface area (Å²) in [6.45, 7) is 0. The maximum atomic E-state index is 13.3. The van der Waals surface area contributed by atoms with Crippen LogP contribution in [0.15, 0.2) is 30.5 Å². The summed E-state index contributed by atoms with van der Waals surface area (Å²) >= 11 is 0. The Labute approximate surface area is 123 Å². The van der Waals surface area contributed by atoms with Gasteiger partial charge >= 0.3 is 5.97 Å². The fourth-order valence-electron chi connectivity index (χ4n) is 2.06. The molecule has 0 fully saturated rings. The maximum Gasteiger partial charge on any atom is 0.309 e. The van der Waals surface area contributed by atoms with Crippen LogP contribution in [0.2, 0.25) is 0 Å². The van der Waals surface area contributed by atoms with Gasteiger partial charge in [-0.3, -0.25) is 9.78 Å². The summed E-state index contributed by atoms with van der Waals surface area (Å²) < 4.78 is 57.7. The minimum atomic E-state index is -2.96. The van der Waals surface area contributed by atoms with Crippen molar-refractivity contribution in [3.8, 4) is 11.3 Å². The molecule has 3 nitrogen and oxygen atoms in total. The van der Waals surface area contributed by atoms with Crippen LogP contribution >= 0.6 is 0 Å². The van der Waals surface area contributed by atoms with E-state index in [1.165, 1.54) is 12.3 Å². The van der Waals surface area contributed by atoms with Crippen molar-refractivity contribution in [2.45, 2.75) is 12.8 Å². The number of rotatable bonds is 4. The van der Waals surface area contributed by atoms with Crippen LogP contribution in [-0.4, -0.2) is 18.1 Å². The fourth-order valence-corrected chi connectivity index (χ4v) is 2.06. The number of pyridine rings is 1. The first kappa shape index (κ1) is 15.9. The molecule has 116 valence electrons. The summed E-state index contributed by atoms with van der Waals surface area (Å²) in [5.41, 5.74) is -0.941. The highest BCUT2D eigenvalue weighted by atomic mass is 19.3. The number of hydrogen-bond acceptors (Lipinski definition) is 3. The molecule has 22 heavy (non-hydrogen) atoms. The number of benzene rings is 1. The molecule has 0 amide bonds. The lowest BCUT2D eigenvalue weighted by atomic mass is 9.99. The molecule has 0 spiro atoms. The number of carbonyl (C=O) groups is 1. The number of carbonyl (C=O) groups excluding carboxylic acids is 1. The van der Waals surface area contributed by atoms with Gasteiger partial charge in [0.05, 0.1) is 19.2 Å². The van der Waals surface area contributed by atoms with Crippen LogP contribution in [-0.2, 0) is 16.0 Å². The topological polar surface area (TPSA) is 39.2 Å². The van der Waals surface area contributed by atoms with Crippen molar-refractivity contribution in [3.05, 3.63) is 53.2 Å². The first-order chi connectivity index (χ1) is 10.4. The van der Waals surface area contributed by atoms with Gasteiger partial charge in [0.15, 0.2) is 0 Å². The number of hydrogen-bond donors (Lipinski definition) is 0. The van der Waals surface area contributed by atoms with Crippen molar-refractivity contribution in [1.29, 1.82) is 0 Å². The summed E-state index contributed by atoms with van der Waals surface area (Å²) in [7, 11) is 1.13. The first-order valence-corrected chi connectivity index (χ1v) is 6.21. The first-order valence-electron chi connectivity index (χ1n) is 6.21. The number of methoxy groups -OCH3 is 1. The molecule has 0 atom stereocenters. The lowest BCUT2D eigenvalue weighted by molar-refractivity contribution is -0.139. The van der Waals surface area contributed by atoms with Gasteiger partial charge in [-0.05, 0) is 23.8 Å². The predicted octanol–water partition coefficient (Wildman–Crippen LogP) is 3.68. The lowest BCUT2D eigenvalue weighted by Gasteiger charge is -2.13. The van der Waals surface area contributed by atoms with E-state index in [2.05, 4.69) is 9.72 Å². The van der Waals surface area contributed by atoms with Crippen LogP contribution < -0.4 is 0 Å². The molecule has 1 aromatic heterocycles. The molecule has 2 aromatic rings. The zero-order valence-corrected chi connectivity index (χ0v) is 11.4. The van der Waals surface area contributed by atoms with Crippen molar-refractivity contribution >= 4 is 5.97 Å². The van der Waals surface area contributed by atoms with Crippen LogP contribution in [0.3, 0.4) is 0 Å². The predicted molar refractivity (Wildman–Crippen MR) is 70.3 cm³/mol. The summed E-state index contributed by atoms with van der Waals surface area (Å²) in [4.78, 5) is 15.1. The molecule has 1 heterocycles. The van der Waals surface area contributed by atoms with E-state index >= 15 is 0 Å². The number of nitrogens with zero attached hydrogens (tertiary/aromatic N) is 1. The molecule has 7 heteroatoms. The van der Waals surface area contributed by atoms with Crippen molar-refractivity contribution < 1.29 is 27.1 Å². The van der Waals surface area contributed by atoms with Crippen LogP contribution in [0.25, 0.3) is 11.3 Å². The molecule has 0 unspecified atom stereocenters. The van der Waals surface area contributed by atoms with Crippen molar-refractivity contribution in [2.24, 2.45) is 0 Å². The Hall–Kier alpha value is -2.44. The molecule has 0 saturated carbocycles. The van der Waals surface area contributed by atoms with Crippen molar-refractivity contribution in [3.63, 3.8) is 0 Å². The molecule has 0 aliphatic carbocycles. The molecule has 0 radical (unpaired) electrons. The van der Waals surface area contributed by atoms with Gasteiger partial charge in [-0.25, -0.2) is 17.6 Å². The van der Waals surface area contributed by atoms with Crippen LogP contribution in [0.5, 0.6) is 0 Å². The molecule has 0 bridgehead atoms. The summed E-state index contributed by atoms with van der Waals surface area (Å²) in [5, 5.41) is 0. The third-order valence-electron chi connectivity index (χ3n) is 3.00. The lowest BCUT2D eigenvalue weighted by Crippen LogP contribution is -2.09. The van der Waals surface area contributed by atoms with Gasteiger partial charge in [-0.1, -0.05) is 0 Å². The Kier molecular flexibility index (Phi) is 4.75. The molecule has 0 N–H and O–H groups in total. The average molecular weight is 313 g/mol. The fraction of sp³-hybridized carbons (Fsp3) is 0.200. The molecule has 2 rings (SSSR count). The van der Waals surface area contributed by atoms with Gasteiger partial charge in [0.25, 0.3) is 6.43 Å². The monoisotopic (exact) mass is 313 g/mol. The van der Waals surface area contributed by atoms with Crippen molar-refractivity contribution in [2.75, 3.05) is 7.11 Å². The second-order valence-electron chi connectivity index (χ2n) is 4.44. The molecule has 0 aliphatic heterocycles. The summed E-state index contributed by atoms with van der Waals surface area (Å²) in [6.07, 6.45) is -2.15. The van der Waals surface area contributed by atoms with Gasteiger partial charge in [0.1, 0.15) is 11.6 Å². The third kappa shape index (κ3) is 3.41. The quantitative estimate of drug-likeness (QED) is 0.638. The number of alkyl halides is 2. The van der Waals surface area contributed by atoms with Gasteiger partial charge in [-0.15, -0.1) is 0 Å². The second-order valence-corrected chi connectivity index (χ2v) is 4.44. The van der Waals surface area contributed by atoms with E-state index in [-0.39, 0.29) is 23.2 Å². The van der Waals surface area contributed by atoms with Crippen LogP contribution in [0.1, 0.15) is 17.6 Å². The van der Waals surface area contributed by atoms with E-state index < -0.39 is 29.6 Å². The van der Waals surface area contributed by atoms with Gasteiger partial charge in [-0.2, -0.15) is 0 Å². The SMILES string of the molecule is COC(=O)Cc1ccnc(-c2cc(F)cc(F)c2)c1C(F)F. The normalized spacial score (nSPS) is 10.8. The summed E-state index contributed by atoms with van der Waals surface area (Å²) in [5.74, 6) is -2.52. The van der Waals surface area contributed by atoms with Crippen molar-refractivity contribution in [1.82, 2.24) is 4.98 Å². The van der Waals surface area contributed by atoms with E-state index in [1.54, 1.807) is 0 Å². The van der Waals surface area contributed by atoms with Gasteiger partial charge in [0.2, 0.25) is 0 Å². The molecular weight excluding hydrogens is 302 g/mol. The van der Waals surface area contributed by atoms with Gasteiger partial charge < -0.3 is 4.74 Å². The molecule has 0 aliphatic rings. The Balaban J connectivity index is 2.60. The van der Waals surface area contributed by atoms with E-state index in [4.69, 9.17) is 0 Å². The second kappa shape index (κ2) is 6.55. The zero-order valence-electron chi connectivity index (χ0n) is 11.4. The maximum absolute atomic E-state index is 13.3. The van der Waals surface area contributed by atoms with Crippen LogP contribution in [0.4, 0.5) is 17.6 Å². The Bertz CT molecular complexity index is 684. The smallest absolute Gasteiger partial charge is 0.309 e. The molecule has 1 aromatic carbocycles.